The summed E-state index contributed by atoms with van der Waals surface area (Å²) in [7, 11) is 1.79. The largest absolute Gasteiger partial charge is 0.475 e. The van der Waals surface area contributed by atoms with E-state index >= 15 is 0 Å². The molecule has 0 saturated carbocycles. The molecule has 0 amide bonds. The number of aromatic nitrogens is 2. The summed E-state index contributed by atoms with van der Waals surface area (Å²) in [6.45, 7) is 0. The molecular formula is C10H14N2O2. The number of carboxylic acids is 1. The minimum Gasteiger partial charge on any atom is -0.475 e. The summed E-state index contributed by atoms with van der Waals surface area (Å²) < 4.78 is 1.73. The summed E-state index contributed by atoms with van der Waals surface area (Å²) in [5.74, 6) is -0.752. The Balaban J connectivity index is 2.45. The number of aromatic carboxylic acids is 1. The molecule has 4 nitrogen and oxygen atoms in total. The van der Waals surface area contributed by atoms with Crippen LogP contribution in [0.3, 0.4) is 0 Å². The van der Waals surface area contributed by atoms with Gasteiger partial charge in [-0.2, -0.15) is 0 Å². The smallest absolute Gasteiger partial charge is 0.372 e. The molecule has 0 aromatic carbocycles. The molecule has 1 aliphatic rings. The van der Waals surface area contributed by atoms with Crippen molar-refractivity contribution in [2.75, 3.05) is 0 Å². The van der Waals surface area contributed by atoms with E-state index in [9.17, 15) is 4.79 Å². The third-order valence-electron chi connectivity index (χ3n) is 2.82. The average Bonchev–Trinajstić information content (AvgIpc) is 2.37. The van der Waals surface area contributed by atoms with E-state index in [1.54, 1.807) is 11.6 Å². The first-order valence-electron chi connectivity index (χ1n) is 4.98. The molecular weight excluding hydrogens is 180 g/mol. The van der Waals surface area contributed by atoms with Gasteiger partial charge in [-0.3, -0.25) is 0 Å². The zero-order valence-corrected chi connectivity index (χ0v) is 8.29. The van der Waals surface area contributed by atoms with Gasteiger partial charge in [-0.05, 0) is 25.7 Å². The quantitative estimate of drug-likeness (QED) is 0.687. The molecule has 14 heavy (non-hydrogen) atoms. The summed E-state index contributed by atoms with van der Waals surface area (Å²) >= 11 is 0. The zero-order valence-electron chi connectivity index (χ0n) is 8.29. The van der Waals surface area contributed by atoms with Gasteiger partial charge in [0.2, 0.25) is 5.82 Å². The maximum Gasteiger partial charge on any atom is 0.372 e. The van der Waals surface area contributed by atoms with Gasteiger partial charge in [-0.15, -0.1) is 0 Å². The highest BCUT2D eigenvalue weighted by molar-refractivity contribution is 5.83. The van der Waals surface area contributed by atoms with Gasteiger partial charge >= 0.3 is 5.97 Å². The second kappa shape index (κ2) is 3.44. The molecule has 0 atom stereocenters. The Kier molecular flexibility index (Phi) is 2.27. The fourth-order valence-electron chi connectivity index (χ4n) is 2.05. The lowest BCUT2D eigenvalue weighted by Gasteiger charge is -2.01. The molecule has 1 aromatic heterocycles. The Morgan fingerprint density at radius 3 is 2.79 bits per heavy atom. The maximum atomic E-state index is 10.8. The molecule has 0 spiro atoms. The van der Waals surface area contributed by atoms with Crippen LogP contribution in [0.2, 0.25) is 0 Å². The maximum absolute atomic E-state index is 10.8. The van der Waals surface area contributed by atoms with Gasteiger partial charge < -0.3 is 9.67 Å². The number of carboxylic acid groups (broad SMARTS) is 1. The molecule has 0 aliphatic heterocycles. The molecule has 4 heteroatoms. The SMILES string of the molecule is Cn1c(C(=O)O)nc2c1CCCCC2. The van der Waals surface area contributed by atoms with Crippen molar-refractivity contribution in [3.05, 3.63) is 17.2 Å². The predicted octanol–water partition coefficient (Wildman–Crippen LogP) is 1.39. The fourth-order valence-corrected chi connectivity index (χ4v) is 2.05. The molecule has 1 aromatic rings. The van der Waals surface area contributed by atoms with Crippen LogP contribution in [0.25, 0.3) is 0 Å². The van der Waals surface area contributed by atoms with Crippen LogP contribution in [0.15, 0.2) is 0 Å². The van der Waals surface area contributed by atoms with Crippen LogP contribution in [0, 0.1) is 0 Å². The number of hydrogen-bond acceptors (Lipinski definition) is 2. The van der Waals surface area contributed by atoms with Crippen molar-refractivity contribution >= 4 is 5.97 Å². The van der Waals surface area contributed by atoms with Crippen LogP contribution in [0.1, 0.15) is 41.3 Å². The second-order valence-corrected chi connectivity index (χ2v) is 3.75. The molecule has 0 bridgehead atoms. The van der Waals surface area contributed by atoms with Crippen LogP contribution in [0.5, 0.6) is 0 Å². The summed E-state index contributed by atoms with van der Waals surface area (Å²) in [5.41, 5.74) is 2.10. The highest BCUT2D eigenvalue weighted by Gasteiger charge is 2.19. The minimum absolute atomic E-state index is 0.178. The first-order valence-corrected chi connectivity index (χ1v) is 4.98. The van der Waals surface area contributed by atoms with E-state index in [-0.39, 0.29) is 5.82 Å². The molecule has 1 heterocycles. The van der Waals surface area contributed by atoms with Gasteiger partial charge in [0.15, 0.2) is 0 Å². The topological polar surface area (TPSA) is 55.1 Å². The van der Waals surface area contributed by atoms with Gasteiger partial charge in [-0.1, -0.05) is 6.42 Å². The highest BCUT2D eigenvalue weighted by Crippen LogP contribution is 2.20. The fraction of sp³-hybridized carbons (Fsp3) is 0.600. The van der Waals surface area contributed by atoms with Crippen molar-refractivity contribution in [3.8, 4) is 0 Å². The highest BCUT2D eigenvalue weighted by atomic mass is 16.4. The van der Waals surface area contributed by atoms with Gasteiger partial charge in [0.25, 0.3) is 0 Å². The van der Waals surface area contributed by atoms with Gasteiger partial charge in [0.1, 0.15) is 0 Å². The van der Waals surface area contributed by atoms with Crippen LogP contribution >= 0.6 is 0 Å². The van der Waals surface area contributed by atoms with E-state index in [0.29, 0.717) is 0 Å². The van der Waals surface area contributed by atoms with Crippen LogP contribution in [0.4, 0.5) is 0 Å². The lowest BCUT2D eigenvalue weighted by Crippen LogP contribution is -2.08. The molecule has 1 N–H and O–H groups in total. The summed E-state index contributed by atoms with van der Waals surface area (Å²) in [6.07, 6.45) is 5.38. The number of fused-ring (bicyclic) bond motifs is 1. The van der Waals surface area contributed by atoms with Crippen molar-refractivity contribution < 1.29 is 9.90 Å². The standard InChI is InChI=1S/C10H14N2O2/c1-12-8-6-4-2-3-5-7(8)11-9(12)10(13)14/h2-6H2,1H3,(H,13,14). The first-order chi connectivity index (χ1) is 6.70. The first kappa shape index (κ1) is 9.24. The Bertz CT molecular complexity index is 368. The van der Waals surface area contributed by atoms with Crippen molar-refractivity contribution in [2.45, 2.75) is 32.1 Å². The van der Waals surface area contributed by atoms with Crippen molar-refractivity contribution in [1.29, 1.82) is 0 Å². The monoisotopic (exact) mass is 194 g/mol. The Morgan fingerprint density at radius 1 is 1.36 bits per heavy atom. The van der Waals surface area contributed by atoms with Crippen molar-refractivity contribution in [3.63, 3.8) is 0 Å². The van der Waals surface area contributed by atoms with Crippen molar-refractivity contribution in [2.24, 2.45) is 7.05 Å². The Morgan fingerprint density at radius 2 is 2.07 bits per heavy atom. The normalized spacial score (nSPS) is 16.1. The van der Waals surface area contributed by atoms with E-state index in [1.807, 2.05) is 0 Å². The van der Waals surface area contributed by atoms with E-state index in [4.69, 9.17) is 5.11 Å². The Labute approximate surface area is 82.6 Å². The Hall–Kier alpha value is -1.32. The van der Waals surface area contributed by atoms with E-state index in [1.165, 1.54) is 6.42 Å². The van der Waals surface area contributed by atoms with Gasteiger partial charge in [0.05, 0.1) is 5.69 Å². The molecule has 0 fully saturated rings. The molecule has 0 saturated heterocycles. The number of imidazole rings is 1. The third-order valence-corrected chi connectivity index (χ3v) is 2.82. The second-order valence-electron chi connectivity index (χ2n) is 3.75. The molecule has 2 rings (SSSR count). The molecule has 0 unspecified atom stereocenters. The van der Waals surface area contributed by atoms with Crippen LogP contribution in [-0.4, -0.2) is 20.6 Å². The molecule has 0 radical (unpaired) electrons. The van der Waals surface area contributed by atoms with Gasteiger partial charge in [0, 0.05) is 12.7 Å². The van der Waals surface area contributed by atoms with E-state index in [0.717, 1.165) is 37.1 Å². The number of nitrogens with zero attached hydrogens (tertiary/aromatic N) is 2. The lowest BCUT2D eigenvalue weighted by atomic mass is 10.2. The van der Waals surface area contributed by atoms with Crippen LogP contribution < -0.4 is 0 Å². The van der Waals surface area contributed by atoms with Crippen molar-refractivity contribution in [1.82, 2.24) is 9.55 Å². The average molecular weight is 194 g/mol. The third kappa shape index (κ3) is 1.41. The summed E-state index contributed by atoms with van der Waals surface area (Å²) in [4.78, 5) is 15.0. The molecule has 76 valence electrons. The predicted molar refractivity (Wildman–Crippen MR) is 51.4 cm³/mol. The number of hydrogen-bond donors (Lipinski definition) is 1. The number of rotatable bonds is 1. The molecule has 1 aliphatic carbocycles. The summed E-state index contributed by atoms with van der Waals surface area (Å²) in [6, 6.07) is 0. The lowest BCUT2D eigenvalue weighted by molar-refractivity contribution is 0.0679. The van der Waals surface area contributed by atoms with E-state index < -0.39 is 5.97 Å². The van der Waals surface area contributed by atoms with E-state index in [2.05, 4.69) is 4.98 Å². The summed E-state index contributed by atoms with van der Waals surface area (Å²) in [5, 5.41) is 8.90. The van der Waals surface area contributed by atoms with Crippen LogP contribution in [-0.2, 0) is 19.9 Å². The van der Waals surface area contributed by atoms with Gasteiger partial charge in [-0.25, -0.2) is 9.78 Å². The number of carbonyl (C=O) groups is 1. The minimum atomic E-state index is -0.930. The zero-order chi connectivity index (χ0) is 10.1. The number of aryl methyl sites for hydroxylation is 1.